The highest BCUT2D eigenvalue weighted by Gasteiger charge is 2.18. The quantitative estimate of drug-likeness (QED) is 0.573. The van der Waals surface area contributed by atoms with E-state index in [-0.39, 0.29) is 5.91 Å². The van der Waals surface area contributed by atoms with Gasteiger partial charge in [-0.1, -0.05) is 42.0 Å². The molecule has 2 heterocycles. The predicted octanol–water partition coefficient (Wildman–Crippen LogP) is 4.46. The Balaban J connectivity index is 1.40. The van der Waals surface area contributed by atoms with E-state index in [4.69, 9.17) is 9.72 Å². The minimum atomic E-state index is 0.106. The summed E-state index contributed by atoms with van der Waals surface area (Å²) in [5.41, 5.74) is 5.56. The van der Waals surface area contributed by atoms with E-state index in [2.05, 4.69) is 60.4 Å². The predicted molar refractivity (Wildman–Crippen MR) is 127 cm³/mol. The van der Waals surface area contributed by atoms with E-state index >= 15 is 0 Å². The Labute approximate surface area is 188 Å². The number of amides is 1. The highest BCUT2D eigenvalue weighted by molar-refractivity contribution is 7.12. The molecule has 1 amide bonds. The van der Waals surface area contributed by atoms with E-state index in [1.165, 1.54) is 11.3 Å². The Morgan fingerprint density at radius 1 is 1.06 bits per heavy atom. The van der Waals surface area contributed by atoms with Crippen molar-refractivity contribution >= 4 is 22.9 Å². The molecule has 6 heteroatoms. The van der Waals surface area contributed by atoms with Crippen LogP contribution in [0.5, 0.6) is 0 Å². The van der Waals surface area contributed by atoms with Crippen molar-refractivity contribution in [2.45, 2.75) is 26.8 Å². The Kier molecular flexibility index (Phi) is 6.68. The van der Waals surface area contributed by atoms with Crippen LogP contribution in [0.2, 0.25) is 0 Å². The van der Waals surface area contributed by atoms with Crippen LogP contribution in [-0.4, -0.2) is 49.1 Å². The maximum absolute atomic E-state index is 13.0. The third-order valence-electron chi connectivity index (χ3n) is 5.60. The van der Waals surface area contributed by atoms with Crippen molar-refractivity contribution in [2.24, 2.45) is 0 Å². The molecule has 0 unspecified atom stereocenters. The zero-order valence-electron chi connectivity index (χ0n) is 18.4. The van der Waals surface area contributed by atoms with Gasteiger partial charge in [0.05, 0.1) is 30.3 Å². The monoisotopic (exact) mass is 435 g/mol. The number of rotatable bonds is 6. The van der Waals surface area contributed by atoms with Crippen molar-refractivity contribution in [1.29, 1.82) is 0 Å². The molecule has 0 spiro atoms. The number of aromatic nitrogens is 1. The second kappa shape index (κ2) is 9.62. The second-order valence-electron chi connectivity index (χ2n) is 8.06. The van der Waals surface area contributed by atoms with Crippen LogP contribution in [0.3, 0.4) is 0 Å². The fourth-order valence-electron chi connectivity index (χ4n) is 3.79. The average Bonchev–Trinajstić information content (AvgIpc) is 3.15. The first-order chi connectivity index (χ1) is 15.0. The van der Waals surface area contributed by atoms with Crippen molar-refractivity contribution in [1.82, 2.24) is 9.88 Å². The summed E-state index contributed by atoms with van der Waals surface area (Å²) < 4.78 is 5.43. The van der Waals surface area contributed by atoms with Crippen molar-refractivity contribution in [3.63, 3.8) is 0 Å². The molecule has 0 N–H and O–H groups in total. The molecule has 1 fully saturated rings. The second-order valence-corrected chi connectivity index (χ2v) is 9.35. The molecule has 1 aromatic heterocycles. The molecule has 1 aliphatic rings. The van der Waals surface area contributed by atoms with Crippen molar-refractivity contribution in [3.8, 4) is 11.3 Å². The van der Waals surface area contributed by atoms with Crippen LogP contribution in [0, 0.1) is 13.8 Å². The highest BCUT2D eigenvalue weighted by atomic mass is 32.1. The topological polar surface area (TPSA) is 45.7 Å². The summed E-state index contributed by atoms with van der Waals surface area (Å²) in [5, 5.41) is 0.986. The Hall–Kier alpha value is -2.70. The number of thiazole rings is 1. The van der Waals surface area contributed by atoms with Gasteiger partial charge in [0.1, 0.15) is 0 Å². The van der Waals surface area contributed by atoms with Crippen LogP contribution in [0.15, 0.2) is 48.5 Å². The zero-order valence-corrected chi connectivity index (χ0v) is 19.2. The molecule has 0 bridgehead atoms. The summed E-state index contributed by atoms with van der Waals surface area (Å²) in [6, 6.07) is 16.8. The first kappa shape index (κ1) is 21.5. The fourth-order valence-corrected chi connectivity index (χ4v) is 4.74. The third-order valence-corrected chi connectivity index (χ3v) is 6.57. The maximum Gasteiger partial charge on any atom is 0.227 e. The van der Waals surface area contributed by atoms with Crippen LogP contribution in [-0.2, 0) is 22.5 Å². The molecule has 2 aromatic carbocycles. The molecule has 31 heavy (non-hydrogen) atoms. The van der Waals surface area contributed by atoms with Crippen LogP contribution in [0.1, 0.15) is 21.0 Å². The van der Waals surface area contributed by atoms with E-state index in [0.717, 1.165) is 53.0 Å². The van der Waals surface area contributed by atoms with Gasteiger partial charge in [-0.3, -0.25) is 4.79 Å². The molecule has 0 atom stereocenters. The van der Waals surface area contributed by atoms with Gasteiger partial charge in [-0.15, -0.1) is 11.3 Å². The Bertz CT molecular complexity index is 1020. The number of anilines is 1. The Morgan fingerprint density at radius 3 is 2.42 bits per heavy atom. The number of hydrogen-bond acceptors (Lipinski definition) is 5. The average molecular weight is 436 g/mol. The highest BCUT2D eigenvalue weighted by Crippen LogP contribution is 2.29. The largest absolute Gasteiger partial charge is 0.378 e. The first-order valence-corrected chi connectivity index (χ1v) is 11.5. The van der Waals surface area contributed by atoms with E-state index in [0.29, 0.717) is 13.0 Å². The maximum atomic E-state index is 13.0. The SMILES string of the molecule is Cc1ccc(-c2nc(C)sc2CC(=O)N(C)Cc2ccc(N3CCOCC3)cc2)cc1. The van der Waals surface area contributed by atoms with Crippen LogP contribution in [0.4, 0.5) is 5.69 Å². The van der Waals surface area contributed by atoms with E-state index in [1.807, 2.05) is 14.0 Å². The van der Waals surface area contributed by atoms with Gasteiger partial charge in [0, 0.05) is 42.8 Å². The normalized spacial score (nSPS) is 14.0. The molecule has 3 aromatic rings. The molecule has 162 valence electrons. The molecule has 0 radical (unpaired) electrons. The standard InChI is InChI=1S/C25H29N3O2S/c1-18-4-8-21(9-5-18)25-23(31-19(2)26-25)16-24(29)27(3)17-20-6-10-22(11-7-20)28-12-14-30-15-13-28/h4-11H,12-17H2,1-3H3. The summed E-state index contributed by atoms with van der Waals surface area (Å²) in [6.07, 6.45) is 0.372. The van der Waals surface area contributed by atoms with Crippen LogP contribution < -0.4 is 4.90 Å². The lowest BCUT2D eigenvalue weighted by Crippen LogP contribution is -2.36. The molecule has 0 aliphatic carbocycles. The van der Waals surface area contributed by atoms with Crippen molar-refractivity contribution in [3.05, 3.63) is 69.5 Å². The minimum Gasteiger partial charge on any atom is -0.378 e. The number of hydrogen-bond donors (Lipinski definition) is 0. The molecule has 1 aliphatic heterocycles. The van der Waals surface area contributed by atoms with Gasteiger partial charge >= 0.3 is 0 Å². The van der Waals surface area contributed by atoms with Gasteiger partial charge < -0.3 is 14.5 Å². The van der Waals surface area contributed by atoms with Crippen LogP contribution in [0.25, 0.3) is 11.3 Å². The zero-order chi connectivity index (χ0) is 21.8. The molecule has 0 saturated carbocycles. The lowest BCUT2D eigenvalue weighted by atomic mass is 10.1. The number of ether oxygens (including phenoxy) is 1. The number of morpholine rings is 1. The third kappa shape index (κ3) is 5.32. The number of aryl methyl sites for hydroxylation is 2. The van der Waals surface area contributed by atoms with Crippen molar-refractivity contribution < 1.29 is 9.53 Å². The van der Waals surface area contributed by atoms with Gasteiger partial charge in [0.2, 0.25) is 5.91 Å². The fraction of sp³-hybridized carbons (Fsp3) is 0.360. The van der Waals surface area contributed by atoms with Gasteiger partial charge in [0.25, 0.3) is 0 Å². The number of carbonyl (C=O) groups is 1. The lowest BCUT2D eigenvalue weighted by Gasteiger charge is -2.29. The molecule has 5 nitrogen and oxygen atoms in total. The van der Waals surface area contributed by atoms with Crippen molar-refractivity contribution in [2.75, 3.05) is 38.3 Å². The van der Waals surface area contributed by atoms with E-state index < -0.39 is 0 Å². The van der Waals surface area contributed by atoms with Gasteiger partial charge in [0.15, 0.2) is 0 Å². The van der Waals surface area contributed by atoms with E-state index in [9.17, 15) is 4.79 Å². The summed E-state index contributed by atoms with van der Waals surface area (Å²) in [7, 11) is 1.87. The molecule has 4 rings (SSSR count). The summed E-state index contributed by atoms with van der Waals surface area (Å²) in [4.78, 5) is 22.8. The molecule has 1 saturated heterocycles. The minimum absolute atomic E-state index is 0.106. The first-order valence-electron chi connectivity index (χ1n) is 10.7. The summed E-state index contributed by atoms with van der Waals surface area (Å²) in [6.45, 7) is 8.07. The Morgan fingerprint density at radius 2 is 1.74 bits per heavy atom. The van der Waals surface area contributed by atoms with Gasteiger partial charge in [-0.05, 0) is 31.5 Å². The van der Waals surface area contributed by atoms with Gasteiger partial charge in [-0.2, -0.15) is 0 Å². The number of carbonyl (C=O) groups excluding carboxylic acids is 1. The number of benzene rings is 2. The smallest absolute Gasteiger partial charge is 0.227 e. The van der Waals surface area contributed by atoms with Gasteiger partial charge in [-0.25, -0.2) is 4.98 Å². The summed E-state index contributed by atoms with van der Waals surface area (Å²) in [5.74, 6) is 0.106. The summed E-state index contributed by atoms with van der Waals surface area (Å²) >= 11 is 1.61. The molecular weight excluding hydrogens is 406 g/mol. The number of nitrogens with zero attached hydrogens (tertiary/aromatic N) is 3. The van der Waals surface area contributed by atoms with Crippen LogP contribution >= 0.6 is 11.3 Å². The lowest BCUT2D eigenvalue weighted by molar-refractivity contribution is -0.129. The number of likely N-dealkylation sites (N-methyl/N-ethyl adjacent to an activating group) is 1. The molecular formula is C25H29N3O2S. The van der Waals surface area contributed by atoms with E-state index in [1.54, 1.807) is 16.2 Å².